The average Bonchev–Trinajstić information content (AvgIpc) is 2.96. The number of amides is 2. The summed E-state index contributed by atoms with van der Waals surface area (Å²) in [5.41, 5.74) is -1.98. The molecule has 0 aliphatic heterocycles. The van der Waals surface area contributed by atoms with E-state index in [1.807, 2.05) is 41.5 Å². The fourth-order valence-corrected chi connectivity index (χ4v) is 5.09. The number of carbonyl (C=O) groups excluding carboxylic acids is 3. The van der Waals surface area contributed by atoms with Gasteiger partial charge in [0.15, 0.2) is 0 Å². The monoisotopic (exact) mass is 396 g/mol. The molecule has 0 unspecified atom stereocenters. The summed E-state index contributed by atoms with van der Waals surface area (Å²) >= 11 is 0. The van der Waals surface area contributed by atoms with E-state index in [0.29, 0.717) is 25.7 Å². The summed E-state index contributed by atoms with van der Waals surface area (Å²) in [5.74, 6) is -0.989. The zero-order valence-corrected chi connectivity index (χ0v) is 18.5. The van der Waals surface area contributed by atoms with Gasteiger partial charge in [-0.1, -0.05) is 27.7 Å². The molecule has 7 nitrogen and oxygen atoms in total. The van der Waals surface area contributed by atoms with Gasteiger partial charge in [0.05, 0.1) is 26.1 Å². The van der Waals surface area contributed by atoms with Gasteiger partial charge in [-0.25, -0.2) is 4.79 Å². The van der Waals surface area contributed by atoms with E-state index in [0.717, 1.165) is 0 Å². The summed E-state index contributed by atoms with van der Waals surface area (Å²) in [7, 11) is 2.80. The van der Waals surface area contributed by atoms with Crippen LogP contribution >= 0.6 is 0 Å². The maximum atomic E-state index is 13.0. The molecule has 0 spiro atoms. The van der Waals surface area contributed by atoms with Crippen LogP contribution in [0.4, 0.5) is 4.79 Å². The normalized spacial score (nSPS) is 35.9. The molecule has 2 fully saturated rings. The van der Waals surface area contributed by atoms with Gasteiger partial charge in [0.25, 0.3) is 0 Å². The molecule has 0 heterocycles. The molecular formula is C21H36N2O5. The Morgan fingerprint density at radius 3 is 1.32 bits per heavy atom. The molecule has 28 heavy (non-hydrogen) atoms. The van der Waals surface area contributed by atoms with Crippen molar-refractivity contribution >= 4 is 18.0 Å². The maximum absolute atomic E-state index is 13.0. The van der Waals surface area contributed by atoms with Crippen molar-refractivity contribution in [1.29, 1.82) is 0 Å². The van der Waals surface area contributed by atoms with Crippen molar-refractivity contribution in [2.45, 2.75) is 78.3 Å². The van der Waals surface area contributed by atoms with Crippen LogP contribution in [0.15, 0.2) is 0 Å². The SMILES string of the molecule is COC(=O)[C@H]1CC[C@@](C)(NC(=O)N[C@]2(C)CC[C@H](C(=O)OC)C2(C)C)C1(C)C. The van der Waals surface area contributed by atoms with Crippen molar-refractivity contribution in [3.05, 3.63) is 0 Å². The Morgan fingerprint density at radius 2 is 1.04 bits per heavy atom. The van der Waals surface area contributed by atoms with Crippen LogP contribution in [0.1, 0.15) is 67.2 Å². The number of hydrogen-bond acceptors (Lipinski definition) is 5. The Hall–Kier alpha value is -1.79. The summed E-state index contributed by atoms with van der Waals surface area (Å²) in [6.45, 7) is 11.9. The minimum absolute atomic E-state index is 0.235. The standard InChI is InChI=1S/C21H36N2O5/c1-18(2)13(15(24)27-7)9-11-20(18,5)22-17(26)23-21(6)12-10-14(16(25)28-8)19(21,3)4/h13-14H,9-12H2,1-8H3,(H2,22,23,26)/t13-,14-,20-,21-/m1/s1. The molecule has 7 heteroatoms. The molecular weight excluding hydrogens is 360 g/mol. The number of ether oxygens (including phenoxy) is 2. The molecule has 0 bridgehead atoms. The summed E-state index contributed by atoms with van der Waals surface area (Å²) in [4.78, 5) is 37.3. The number of esters is 2. The number of rotatable bonds is 4. The van der Waals surface area contributed by atoms with E-state index in [2.05, 4.69) is 10.6 Å². The van der Waals surface area contributed by atoms with E-state index in [1.165, 1.54) is 14.2 Å². The predicted octanol–water partition coefficient (Wildman–Crippen LogP) is 3.02. The molecule has 2 rings (SSSR count). The average molecular weight is 397 g/mol. The molecule has 4 atom stereocenters. The van der Waals surface area contributed by atoms with Gasteiger partial charge in [-0.2, -0.15) is 0 Å². The first kappa shape index (κ1) is 22.5. The summed E-state index contributed by atoms with van der Waals surface area (Å²) in [6.07, 6.45) is 2.73. The van der Waals surface area contributed by atoms with Crippen LogP contribution in [0, 0.1) is 22.7 Å². The highest BCUT2D eigenvalue weighted by Crippen LogP contribution is 2.52. The van der Waals surface area contributed by atoms with Gasteiger partial charge in [-0.3, -0.25) is 9.59 Å². The van der Waals surface area contributed by atoms with Crippen LogP contribution in [-0.4, -0.2) is 43.3 Å². The maximum Gasteiger partial charge on any atom is 0.315 e. The first-order valence-electron chi connectivity index (χ1n) is 10.0. The van der Waals surface area contributed by atoms with Crippen molar-refractivity contribution in [3.63, 3.8) is 0 Å². The van der Waals surface area contributed by atoms with E-state index in [4.69, 9.17) is 9.47 Å². The van der Waals surface area contributed by atoms with Gasteiger partial charge in [0.2, 0.25) is 0 Å². The van der Waals surface area contributed by atoms with E-state index in [9.17, 15) is 14.4 Å². The van der Waals surface area contributed by atoms with Crippen molar-refractivity contribution < 1.29 is 23.9 Å². The highest BCUT2D eigenvalue weighted by atomic mass is 16.5. The smallest absolute Gasteiger partial charge is 0.315 e. The Labute approximate surface area is 168 Å². The van der Waals surface area contributed by atoms with Gasteiger partial charge >= 0.3 is 18.0 Å². The van der Waals surface area contributed by atoms with Crippen molar-refractivity contribution in [2.24, 2.45) is 22.7 Å². The highest BCUT2D eigenvalue weighted by Gasteiger charge is 2.58. The summed E-state index contributed by atoms with van der Waals surface area (Å²) < 4.78 is 9.91. The minimum Gasteiger partial charge on any atom is -0.469 e. The number of hydrogen-bond donors (Lipinski definition) is 2. The first-order valence-corrected chi connectivity index (χ1v) is 10.0. The van der Waals surface area contributed by atoms with Crippen molar-refractivity contribution in [1.82, 2.24) is 10.6 Å². The molecule has 0 aromatic carbocycles. The first-order chi connectivity index (χ1) is 12.8. The number of nitrogens with one attached hydrogen (secondary N) is 2. The number of carbonyl (C=O) groups is 3. The Bertz CT molecular complexity index is 605. The number of methoxy groups -OCH3 is 2. The lowest BCUT2D eigenvalue weighted by molar-refractivity contribution is -0.150. The molecule has 2 saturated carbocycles. The third kappa shape index (κ3) is 3.37. The molecule has 0 saturated heterocycles. The zero-order valence-electron chi connectivity index (χ0n) is 18.5. The molecule has 0 radical (unpaired) electrons. The molecule has 160 valence electrons. The third-order valence-electron chi connectivity index (χ3n) is 8.20. The van der Waals surface area contributed by atoms with Gasteiger partial charge in [-0.05, 0) is 39.5 Å². The van der Waals surface area contributed by atoms with E-state index in [1.54, 1.807) is 0 Å². The highest BCUT2D eigenvalue weighted by molar-refractivity contribution is 5.79. The zero-order chi connectivity index (χ0) is 21.5. The summed E-state index contributed by atoms with van der Waals surface area (Å²) in [5, 5.41) is 6.26. The summed E-state index contributed by atoms with van der Waals surface area (Å²) in [6, 6.07) is -0.276. The lowest BCUT2D eigenvalue weighted by Crippen LogP contribution is -2.63. The van der Waals surface area contributed by atoms with Crippen LogP contribution in [0.2, 0.25) is 0 Å². The van der Waals surface area contributed by atoms with E-state index >= 15 is 0 Å². The van der Waals surface area contributed by atoms with Gasteiger partial charge in [-0.15, -0.1) is 0 Å². The molecule has 2 aliphatic carbocycles. The van der Waals surface area contributed by atoms with Crippen LogP contribution in [0.5, 0.6) is 0 Å². The second kappa shape index (κ2) is 7.23. The van der Waals surface area contributed by atoms with Crippen LogP contribution in [0.25, 0.3) is 0 Å². The van der Waals surface area contributed by atoms with Crippen LogP contribution in [0.3, 0.4) is 0 Å². The van der Waals surface area contributed by atoms with Crippen molar-refractivity contribution in [3.8, 4) is 0 Å². The molecule has 0 aromatic rings. The van der Waals surface area contributed by atoms with Gasteiger partial charge in [0.1, 0.15) is 0 Å². The Balaban J connectivity index is 2.14. The lowest BCUT2D eigenvalue weighted by atomic mass is 9.70. The Morgan fingerprint density at radius 1 is 0.714 bits per heavy atom. The van der Waals surface area contributed by atoms with Crippen LogP contribution in [-0.2, 0) is 19.1 Å². The van der Waals surface area contributed by atoms with E-state index < -0.39 is 21.9 Å². The fraction of sp³-hybridized carbons (Fsp3) is 0.857. The molecule has 2 N–H and O–H groups in total. The number of urea groups is 1. The molecule has 0 aromatic heterocycles. The second-order valence-electron chi connectivity index (χ2n) is 9.92. The van der Waals surface area contributed by atoms with Crippen molar-refractivity contribution in [2.75, 3.05) is 14.2 Å². The topological polar surface area (TPSA) is 93.7 Å². The molecule has 2 amide bonds. The minimum atomic E-state index is -0.545. The Kier molecular flexibility index (Phi) is 5.81. The van der Waals surface area contributed by atoms with Gasteiger partial charge in [0, 0.05) is 21.9 Å². The van der Waals surface area contributed by atoms with E-state index in [-0.39, 0.29) is 29.8 Å². The van der Waals surface area contributed by atoms with Crippen LogP contribution < -0.4 is 10.6 Å². The largest absolute Gasteiger partial charge is 0.469 e. The van der Waals surface area contributed by atoms with Gasteiger partial charge < -0.3 is 20.1 Å². The lowest BCUT2D eigenvalue weighted by Gasteiger charge is -2.44. The molecule has 2 aliphatic rings. The fourth-order valence-electron chi connectivity index (χ4n) is 5.09. The second-order valence-corrected chi connectivity index (χ2v) is 9.92. The predicted molar refractivity (Wildman–Crippen MR) is 106 cm³/mol. The third-order valence-corrected chi connectivity index (χ3v) is 8.20. The quantitative estimate of drug-likeness (QED) is 0.713.